The molecule has 4 heterocycles. The molecule has 1 aliphatic carbocycles. The number of carbonyl (C=O) groups excluding carboxylic acids is 2. The fraction of sp³-hybridized carbons (Fsp3) is 0.600. The number of rotatable bonds is 7. The molecule has 5 rings (SSSR count). The second-order valence-corrected chi connectivity index (χ2v) is 10.9. The minimum Gasteiger partial charge on any atom is -0.355 e. The summed E-state index contributed by atoms with van der Waals surface area (Å²) in [5.74, 6) is -7.76. The number of halogens is 8. The van der Waals surface area contributed by atoms with E-state index >= 15 is 0 Å². The topological polar surface area (TPSA) is 127 Å². The first-order chi connectivity index (χ1) is 20.1. The van der Waals surface area contributed by atoms with Crippen LogP contribution >= 0.6 is 0 Å². The van der Waals surface area contributed by atoms with Crippen molar-refractivity contribution in [3.8, 4) is 0 Å². The molecule has 43 heavy (non-hydrogen) atoms. The van der Waals surface area contributed by atoms with E-state index in [9.17, 15) is 44.7 Å². The van der Waals surface area contributed by atoms with E-state index in [1.54, 1.807) is 0 Å². The van der Waals surface area contributed by atoms with Gasteiger partial charge in [0.1, 0.15) is 5.69 Å². The molecule has 3 atom stereocenters. The van der Waals surface area contributed by atoms with Crippen LogP contribution in [-0.2, 0) is 17.6 Å². The van der Waals surface area contributed by atoms with E-state index in [1.807, 2.05) is 0 Å². The lowest BCUT2D eigenvalue weighted by Crippen LogP contribution is -2.47. The van der Waals surface area contributed by atoms with Gasteiger partial charge < -0.3 is 10.6 Å². The summed E-state index contributed by atoms with van der Waals surface area (Å²) >= 11 is 0. The van der Waals surface area contributed by atoms with E-state index in [4.69, 9.17) is 0 Å². The monoisotopic (exact) mass is 623 g/mol. The Kier molecular flexibility index (Phi) is 8.06. The first-order valence-corrected chi connectivity index (χ1v) is 13.3. The van der Waals surface area contributed by atoms with Crippen molar-refractivity contribution in [2.24, 2.45) is 17.8 Å². The minimum absolute atomic E-state index is 0.0336. The Bertz CT molecular complexity index is 1480. The van der Waals surface area contributed by atoms with Gasteiger partial charge in [-0.2, -0.15) is 31.4 Å². The summed E-state index contributed by atoms with van der Waals surface area (Å²) in [5.41, 5.74) is -0.783. The van der Waals surface area contributed by atoms with Crippen molar-refractivity contribution in [1.29, 1.82) is 0 Å². The second kappa shape index (κ2) is 11.3. The molecule has 0 radical (unpaired) electrons. The van der Waals surface area contributed by atoms with E-state index in [0.717, 1.165) is 0 Å². The largest absolute Gasteiger partial charge is 0.394 e. The van der Waals surface area contributed by atoms with Gasteiger partial charge in [-0.05, 0) is 42.5 Å². The van der Waals surface area contributed by atoms with Gasteiger partial charge in [-0.1, -0.05) is 5.16 Å². The van der Waals surface area contributed by atoms with Crippen molar-refractivity contribution in [2.45, 2.75) is 69.3 Å². The number of alkyl halides is 8. The van der Waals surface area contributed by atoms with E-state index < -0.39 is 97.5 Å². The second-order valence-electron chi connectivity index (χ2n) is 10.9. The number of nitrogens with one attached hydrogen (secondary N) is 2. The van der Waals surface area contributed by atoms with Gasteiger partial charge in [0, 0.05) is 31.7 Å². The Hall–Kier alpha value is -3.86. The van der Waals surface area contributed by atoms with Crippen LogP contribution in [0.4, 0.5) is 35.1 Å². The lowest BCUT2D eigenvalue weighted by Gasteiger charge is -2.33. The molecule has 0 aromatic carbocycles. The summed E-state index contributed by atoms with van der Waals surface area (Å²) in [5, 5.41) is 15.6. The minimum atomic E-state index is -4.71. The van der Waals surface area contributed by atoms with E-state index in [2.05, 4.69) is 35.7 Å². The number of nitrogens with zero attached hydrogens (tertiary/aromatic N) is 5. The Balaban J connectivity index is 1.39. The predicted octanol–water partition coefficient (Wildman–Crippen LogP) is 4.37. The van der Waals surface area contributed by atoms with Crippen LogP contribution in [0.3, 0.4) is 0 Å². The normalized spacial score (nSPS) is 22.4. The highest BCUT2D eigenvalue weighted by Gasteiger charge is 2.45. The number of hydrogen-bond donors (Lipinski definition) is 2. The summed E-state index contributed by atoms with van der Waals surface area (Å²) in [6.07, 6.45) is -10.9. The van der Waals surface area contributed by atoms with Gasteiger partial charge in [0.25, 0.3) is 5.91 Å². The molecular weight excluding hydrogens is 598 g/mol. The predicted molar refractivity (Wildman–Crippen MR) is 129 cm³/mol. The molecule has 3 aromatic rings. The maximum Gasteiger partial charge on any atom is 0.394 e. The van der Waals surface area contributed by atoms with Crippen molar-refractivity contribution in [3.63, 3.8) is 0 Å². The molecule has 2 fully saturated rings. The fourth-order valence-corrected chi connectivity index (χ4v) is 5.50. The van der Waals surface area contributed by atoms with Crippen molar-refractivity contribution in [3.05, 3.63) is 41.1 Å². The fourth-order valence-electron chi connectivity index (χ4n) is 5.50. The SMILES string of the molecule is O=C(NC(c1cn2nc(CC3C[C@@H](C(F)(F)F)CNC3=O)ccc2n1)C1CCC(F)(F)CC1)c1nonc1CC(F)(F)F. The van der Waals surface area contributed by atoms with Gasteiger partial charge in [-0.15, -0.1) is 0 Å². The molecule has 2 unspecified atom stereocenters. The van der Waals surface area contributed by atoms with Gasteiger partial charge in [-0.25, -0.2) is 22.9 Å². The van der Waals surface area contributed by atoms with E-state index in [-0.39, 0.29) is 36.3 Å². The van der Waals surface area contributed by atoms with Crippen LogP contribution in [0.5, 0.6) is 0 Å². The molecule has 1 saturated carbocycles. The molecule has 0 bridgehead atoms. The molecule has 1 saturated heterocycles. The Labute approximate surface area is 237 Å². The van der Waals surface area contributed by atoms with Crippen molar-refractivity contribution < 1.29 is 49.3 Å². The molecule has 1 aliphatic heterocycles. The summed E-state index contributed by atoms with van der Waals surface area (Å²) in [4.78, 5) is 29.7. The molecule has 3 aromatic heterocycles. The van der Waals surface area contributed by atoms with Crippen molar-refractivity contribution in [1.82, 2.24) is 35.5 Å². The van der Waals surface area contributed by atoms with Crippen LogP contribution < -0.4 is 10.6 Å². The first kappa shape index (κ1) is 30.6. The van der Waals surface area contributed by atoms with Gasteiger partial charge in [0.05, 0.1) is 36.0 Å². The maximum atomic E-state index is 13.9. The molecule has 18 heteroatoms. The smallest absolute Gasteiger partial charge is 0.355 e. The average molecular weight is 624 g/mol. The van der Waals surface area contributed by atoms with Gasteiger partial charge in [-0.3, -0.25) is 9.59 Å². The highest BCUT2D eigenvalue weighted by molar-refractivity contribution is 5.93. The van der Waals surface area contributed by atoms with Crippen LogP contribution in [0.2, 0.25) is 0 Å². The summed E-state index contributed by atoms with van der Waals surface area (Å²) in [6.45, 7) is -0.502. The summed E-state index contributed by atoms with van der Waals surface area (Å²) < 4.78 is 112. The number of imidazole rings is 1. The molecular formula is C25H25F8N7O3. The maximum absolute atomic E-state index is 13.9. The van der Waals surface area contributed by atoms with E-state index in [1.165, 1.54) is 22.8 Å². The summed E-state index contributed by atoms with van der Waals surface area (Å²) in [6, 6.07) is 1.93. The zero-order chi connectivity index (χ0) is 31.2. The lowest BCUT2D eigenvalue weighted by molar-refractivity contribution is -0.183. The van der Waals surface area contributed by atoms with Crippen LogP contribution in [0, 0.1) is 17.8 Å². The van der Waals surface area contributed by atoms with Gasteiger partial charge in [0.2, 0.25) is 11.8 Å². The Morgan fingerprint density at radius 2 is 1.86 bits per heavy atom. The number of fused-ring (bicyclic) bond motifs is 1. The standard InChI is InChI=1S/C25H25F8N7O3/c26-23(27)5-3-12(4-6-23)19(36-22(42)20-16(38-43-39-20)9-24(28,29)30)17-11-40-18(35-17)2-1-15(37-40)8-13-7-14(25(31,32)33)10-34-21(13)41/h1-2,11-14,19H,3-10H2,(H,34,41)(H,36,42)/t13?,14-,19?/m1/s1. The third-order valence-corrected chi connectivity index (χ3v) is 7.75. The number of amides is 2. The lowest BCUT2D eigenvalue weighted by atomic mass is 9.81. The Morgan fingerprint density at radius 1 is 1.14 bits per heavy atom. The third kappa shape index (κ3) is 7.21. The molecule has 10 nitrogen and oxygen atoms in total. The molecule has 0 spiro atoms. The molecule has 2 amide bonds. The molecule has 234 valence electrons. The van der Waals surface area contributed by atoms with Crippen LogP contribution in [0.1, 0.15) is 65.7 Å². The van der Waals surface area contributed by atoms with Gasteiger partial charge >= 0.3 is 12.4 Å². The molecule has 2 aliphatic rings. The van der Waals surface area contributed by atoms with E-state index in [0.29, 0.717) is 0 Å². The van der Waals surface area contributed by atoms with Gasteiger partial charge in [0.15, 0.2) is 11.3 Å². The quantitative estimate of drug-likeness (QED) is 0.375. The zero-order valence-electron chi connectivity index (χ0n) is 22.2. The average Bonchev–Trinajstić information content (AvgIpc) is 3.53. The first-order valence-electron chi connectivity index (χ1n) is 13.3. The number of aromatic nitrogens is 5. The summed E-state index contributed by atoms with van der Waals surface area (Å²) in [7, 11) is 0. The van der Waals surface area contributed by atoms with Crippen LogP contribution in [-0.4, -0.2) is 61.5 Å². The molecule has 2 N–H and O–H groups in total. The third-order valence-electron chi connectivity index (χ3n) is 7.75. The highest BCUT2D eigenvalue weighted by Crippen LogP contribution is 2.41. The Morgan fingerprint density at radius 3 is 2.53 bits per heavy atom. The van der Waals surface area contributed by atoms with Crippen LogP contribution in [0.15, 0.2) is 23.0 Å². The van der Waals surface area contributed by atoms with Crippen molar-refractivity contribution in [2.75, 3.05) is 6.54 Å². The number of hydrogen-bond acceptors (Lipinski definition) is 7. The van der Waals surface area contributed by atoms with Crippen molar-refractivity contribution >= 4 is 17.5 Å². The highest BCUT2D eigenvalue weighted by atomic mass is 19.4. The van der Waals surface area contributed by atoms with Crippen LogP contribution in [0.25, 0.3) is 5.65 Å². The number of carbonyl (C=O) groups is 2. The number of piperidine rings is 1. The zero-order valence-corrected chi connectivity index (χ0v) is 22.2.